The van der Waals surface area contributed by atoms with E-state index in [4.69, 9.17) is 10.7 Å². The van der Waals surface area contributed by atoms with E-state index in [0.717, 1.165) is 0 Å². The summed E-state index contributed by atoms with van der Waals surface area (Å²) in [4.78, 5) is 61.4. The van der Waals surface area contributed by atoms with Gasteiger partial charge in [0.25, 0.3) is 0 Å². The third kappa shape index (κ3) is 5.76. The van der Waals surface area contributed by atoms with Crippen LogP contribution in [-0.4, -0.2) is 87.6 Å². The van der Waals surface area contributed by atoms with Crippen molar-refractivity contribution >= 4 is 40.0 Å². The van der Waals surface area contributed by atoms with Gasteiger partial charge < -0.3 is 25.3 Å². The van der Waals surface area contributed by atoms with Gasteiger partial charge in [-0.3, -0.25) is 14.6 Å². The number of nitrogens with two attached hydrogens (primary N) is 1. The van der Waals surface area contributed by atoms with Crippen LogP contribution in [0.1, 0.15) is 46.2 Å². The highest BCUT2D eigenvalue weighted by atomic mass is 19.1. The minimum atomic E-state index is -0.937. The number of halogens is 2. The van der Waals surface area contributed by atoms with Gasteiger partial charge in [-0.1, -0.05) is 26.5 Å². The minimum Gasteiger partial charge on any atom is -0.371 e. The molecule has 2 aliphatic heterocycles. The van der Waals surface area contributed by atoms with E-state index in [9.17, 15) is 14.4 Å². The standard InChI is InChI=1S/C36H41F2N9O3/c1-8-28(48)45-17-21(5)46(18-20(45)4)33-23-16-25(38)31-29-24(37)10-9-11-26(29)44(35(49)22(6)39)15-14-43(7)27-12-13-40-30(19(2)3)32(27)47(34(23)41-31)36(50)42-33/h8-13,16,19-22H,1,14-15,17-18,39H2,2-7H3/t20-,21+,22?/m1/s1. The number of hydrogen-bond donors (Lipinski definition) is 1. The van der Waals surface area contributed by atoms with Crippen LogP contribution in [0.25, 0.3) is 28.0 Å². The lowest BCUT2D eigenvalue weighted by Crippen LogP contribution is -2.58. The molecule has 0 aliphatic carbocycles. The molecule has 5 heterocycles. The molecule has 14 heteroatoms. The third-order valence-corrected chi connectivity index (χ3v) is 9.46. The van der Waals surface area contributed by atoms with Crippen molar-refractivity contribution in [1.29, 1.82) is 0 Å². The highest BCUT2D eigenvalue weighted by Gasteiger charge is 2.35. The molecule has 262 valence electrons. The first-order chi connectivity index (χ1) is 23.7. The molecule has 3 aromatic heterocycles. The van der Waals surface area contributed by atoms with Gasteiger partial charge in [-0.2, -0.15) is 4.98 Å². The van der Waals surface area contributed by atoms with E-state index < -0.39 is 29.3 Å². The fraction of sp³-hybridized carbons (Fsp3) is 0.389. The molecule has 3 atom stereocenters. The van der Waals surface area contributed by atoms with Gasteiger partial charge in [0.05, 0.1) is 39.7 Å². The Labute approximate surface area is 288 Å². The zero-order valence-electron chi connectivity index (χ0n) is 29.0. The summed E-state index contributed by atoms with van der Waals surface area (Å²) in [5.41, 5.74) is 6.44. The molecule has 1 fully saturated rings. The molecule has 0 radical (unpaired) electrons. The fourth-order valence-electron chi connectivity index (χ4n) is 6.90. The van der Waals surface area contributed by atoms with Gasteiger partial charge in [-0.15, -0.1) is 0 Å². The number of rotatable bonds is 4. The maximum atomic E-state index is 16.6. The van der Waals surface area contributed by atoms with Crippen molar-refractivity contribution in [2.24, 2.45) is 5.73 Å². The van der Waals surface area contributed by atoms with E-state index in [1.54, 1.807) is 17.2 Å². The molecule has 12 nitrogen and oxygen atoms in total. The first-order valence-corrected chi connectivity index (χ1v) is 16.6. The van der Waals surface area contributed by atoms with Gasteiger partial charge in [0.1, 0.15) is 17.3 Å². The normalized spacial score (nSPS) is 18.4. The number of nitrogens with zero attached hydrogens (tertiary/aromatic N) is 8. The molecule has 2 bridgehead atoms. The largest absolute Gasteiger partial charge is 0.371 e. The highest BCUT2D eigenvalue weighted by molar-refractivity contribution is 6.01. The van der Waals surface area contributed by atoms with Crippen molar-refractivity contribution in [1.82, 2.24) is 24.4 Å². The predicted molar refractivity (Wildman–Crippen MR) is 190 cm³/mol. The Morgan fingerprint density at radius 1 is 1.02 bits per heavy atom. The van der Waals surface area contributed by atoms with Crippen LogP contribution in [0.3, 0.4) is 0 Å². The molecule has 1 aromatic carbocycles. The van der Waals surface area contributed by atoms with E-state index in [1.165, 1.54) is 46.7 Å². The van der Waals surface area contributed by atoms with Gasteiger partial charge in [-0.25, -0.2) is 23.1 Å². The summed E-state index contributed by atoms with van der Waals surface area (Å²) in [5, 5.41) is 0.207. The second kappa shape index (κ2) is 13.2. The van der Waals surface area contributed by atoms with Crippen LogP contribution in [0, 0.1) is 11.6 Å². The molecule has 0 saturated carbocycles. The maximum Gasteiger partial charge on any atom is 0.355 e. The lowest BCUT2D eigenvalue weighted by atomic mass is 10.0. The summed E-state index contributed by atoms with van der Waals surface area (Å²) in [6.45, 7) is 13.7. The predicted octanol–water partition coefficient (Wildman–Crippen LogP) is 3.99. The van der Waals surface area contributed by atoms with Gasteiger partial charge in [0.15, 0.2) is 11.5 Å². The number of fused-ring (bicyclic) bond motifs is 5. The van der Waals surface area contributed by atoms with Crippen molar-refractivity contribution < 1.29 is 18.4 Å². The van der Waals surface area contributed by atoms with Gasteiger partial charge in [0.2, 0.25) is 11.8 Å². The van der Waals surface area contributed by atoms with E-state index in [-0.39, 0.29) is 70.8 Å². The smallest absolute Gasteiger partial charge is 0.355 e. The Balaban J connectivity index is 1.74. The number of likely N-dealkylation sites (N-methyl/N-ethyl adjacent to an activating group) is 1. The topological polar surface area (TPSA) is 134 Å². The molecule has 0 spiro atoms. The number of carbonyl (C=O) groups is 2. The zero-order valence-corrected chi connectivity index (χ0v) is 29.0. The molecule has 2 amide bonds. The number of benzene rings is 1. The number of piperazine rings is 1. The molecule has 4 aromatic rings. The van der Waals surface area contributed by atoms with Crippen molar-refractivity contribution in [3.8, 4) is 16.9 Å². The van der Waals surface area contributed by atoms with Gasteiger partial charge in [0, 0.05) is 51.5 Å². The van der Waals surface area contributed by atoms with Gasteiger partial charge >= 0.3 is 5.69 Å². The van der Waals surface area contributed by atoms with E-state index in [1.807, 2.05) is 44.5 Å². The molecular weight excluding hydrogens is 644 g/mol. The first-order valence-electron chi connectivity index (χ1n) is 16.6. The monoisotopic (exact) mass is 685 g/mol. The van der Waals surface area contributed by atoms with E-state index >= 15 is 8.78 Å². The van der Waals surface area contributed by atoms with Crippen LogP contribution in [0.2, 0.25) is 0 Å². The van der Waals surface area contributed by atoms with Crippen molar-refractivity contribution in [2.45, 2.75) is 58.7 Å². The van der Waals surface area contributed by atoms with Crippen LogP contribution >= 0.6 is 0 Å². The van der Waals surface area contributed by atoms with Crippen molar-refractivity contribution in [2.75, 3.05) is 47.9 Å². The molecule has 6 rings (SSSR count). The van der Waals surface area contributed by atoms with Crippen LogP contribution in [0.15, 0.2) is 54.0 Å². The Morgan fingerprint density at radius 2 is 1.76 bits per heavy atom. The number of amides is 2. The number of aromatic nitrogens is 4. The Morgan fingerprint density at radius 3 is 2.44 bits per heavy atom. The van der Waals surface area contributed by atoms with Crippen LogP contribution in [0.4, 0.5) is 26.0 Å². The first kappa shape index (κ1) is 34.6. The molecule has 1 saturated heterocycles. The minimum absolute atomic E-state index is 0.0326. The quantitative estimate of drug-likeness (QED) is 0.317. The molecule has 50 heavy (non-hydrogen) atoms. The van der Waals surface area contributed by atoms with Crippen molar-refractivity contribution in [3.05, 3.63) is 77.0 Å². The SMILES string of the molecule is C=CC(=O)N1C[C@H](C)N(c2nc(=O)n3c4nc(c(F)cc24)-c2c(F)cccc2N(C(=O)C(C)N)CCN(C)c2ccnc(C(C)C)c2-3)C[C@H]1C. The Hall–Kier alpha value is -5.24. The lowest BCUT2D eigenvalue weighted by Gasteiger charge is -2.44. The number of hydrogen-bond acceptors (Lipinski definition) is 9. The van der Waals surface area contributed by atoms with Crippen LogP contribution < -0.4 is 26.1 Å². The van der Waals surface area contributed by atoms with E-state index in [0.29, 0.717) is 30.2 Å². The Kier molecular flexibility index (Phi) is 9.16. The second-order valence-electron chi connectivity index (χ2n) is 13.3. The summed E-state index contributed by atoms with van der Waals surface area (Å²) in [6.07, 6.45) is 2.91. The summed E-state index contributed by atoms with van der Waals surface area (Å²) in [7, 11) is 1.82. The number of anilines is 3. The van der Waals surface area contributed by atoms with Crippen molar-refractivity contribution in [3.63, 3.8) is 0 Å². The number of pyridine rings is 2. The van der Waals surface area contributed by atoms with Gasteiger partial charge in [-0.05, 0) is 57.0 Å². The summed E-state index contributed by atoms with van der Waals surface area (Å²) >= 11 is 0. The van der Waals surface area contributed by atoms with E-state index in [2.05, 4.69) is 16.5 Å². The molecular formula is C36H41F2N9O3. The average molecular weight is 686 g/mol. The Bertz CT molecular complexity index is 2080. The third-order valence-electron chi connectivity index (χ3n) is 9.46. The molecule has 2 N–H and O–H groups in total. The highest BCUT2D eigenvalue weighted by Crippen LogP contribution is 2.39. The summed E-state index contributed by atoms with van der Waals surface area (Å²) in [5.74, 6) is -2.37. The molecule has 1 unspecified atom stereocenters. The van der Waals surface area contributed by atoms with Crippen LogP contribution in [-0.2, 0) is 9.59 Å². The second-order valence-corrected chi connectivity index (χ2v) is 13.3. The maximum absolute atomic E-state index is 16.6. The summed E-state index contributed by atoms with van der Waals surface area (Å²) < 4.78 is 34.0. The van der Waals surface area contributed by atoms with Crippen LogP contribution in [0.5, 0.6) is 0 Å². The zero-order chi connectivity index (χ0) is 36.2. The molecule has 2 aliphatic rings. The fourth-order valence-corrected chi connectivity index (χ4v) is 6.90. The lowest BCUT2D eigenvalue weighted by molar-refractivity contribution is -0.128. The number of carbonyl (C=O) groups excluding carboxylic acids is 2. The average Bonchev–Trinajstić information content (AvgIpc) is 3.07. The summed E-state index contributed by atoms with van der Waals surface area (Å²) in [6, 6.07) is 5.57.